The fourth-order valence-corrected chi connectivity index (χ4v) is 3.16. The molecule has 0 spiro atoms. The fraction of sp³-hybridized carbons (Fsp3) is 0.429. The summed E-state index contributed by atoms with van der Waals surface area (Å²) in [5.41, 5.74) is 1.08. The Morgan fingerprint density at radius 3 is 2.57 bits per heavy atom. The molecule has 1 aromatic heterocycles. The van der Waals surface area contributed by atoms with E-state index in [0.29, 0.717) is 25.3 Å². The van der Waals surface area contributed by atoms with Crippen LogP contribution in [0.5, 0.6) is 0 Å². The van der Waals surface area contributed by atoms with Crippen LogP contribution in [0.4, 0.5) is 0 Å². The maximum absolute atomic E-state index is 12.3. The number of nitrogens with one attached hydrogen (secondary N) is 1. The van der Waals surface area contributed by atoms with Gasteiger partial charge in [0, 0.05) is 43.3 Å². The summed E-state index contributed by atoms with van der Waals surface area (Å²) in [5.74, 6) is -0.826. The molecule has 1 N–H and O–H groups in total. The molecule has 0 unspecified atom stereocenters. The van der Waals surface area contributed by atoms with Gasteiger partial charge in [-0.05, 0) is 44.2 Å². The Hall–Kier alpha value is -2.64. The highest BCUT2D eigenvalue weighted by Crippen LogP contribution is 2.15. The molecule has 1 saturated heterocycles. The van der Waals surface area contributed by atoms with Crippen LogP contribution in [-0.4, -0.2) is 66.3 Å². The van der Waals surface area contributed by atoms with E-state index >= 15 is 0 Å². The van der Waals surface area contributed by atoms with Gasteiger partial charge >= 0.3 is 5.97 Å². The summed E-state index contributed by atoms with van der Waals surface area (Å²) >= 11 is 0. The predicted molar refractivity (Wildman–Crippen MR) is 106 cm³/mol. The first-order chi connectivity index (χ1) is 13.5. The van der Waals surface area contributed by atoms with Crippen LogP contribution in [0, 0.1) is 0 Å². The van der Waals surface area contributed by atoms with Gasteiger partial charge in [-0.1, -0.05) is 6.07 Å². The second kappa shape index (κ2) is 9.03. The van der Waals surface area contributed by atoms with Gasteiger partial charge in [0.05, 0.1) is 18.8 Å². The summed E-state index contributed by atoms with van der Waals surface area (Å²) in [7, 11) is 0. The first kappa shape index (κ1) is 20.1. The smallest absolute Gasteiger partial charge is 0.338 e. The van der Waals surface area contributed by atoms with E-state index in [0.717, 1.165) is 18.8 Å². The highest BCUT2D eigenvalue weighted by atomic mass is 16.5. The first-order valence-electron chi connectivity index (χ1n) is 9.46. The molecule has 0 aliphatic carbocycles. The molecule has 3 rings (SSSR count). The zero-order chi connectivity index (χ0) is 20.0. The maximum Gasteiger partial charge on any atom is 0.338 e. The third-order valence-corrected chi connectivity index (χ3v) is 4.90. The number of nitrogens with zero attached hydrogens (tertiary/aromatic N) is 2. The second-order valence-electron chi connectivity index (χ2n) is 7.41. The average molecular weight is 385 g/mol. The minimum Gasteiger partial charge on any atom is -0.452 e. The van der Waals surface area contributed by atoms with E-state index in [-0.39, 0.29) is 18.1 Å². The van der Waals surface area contributed by atoms with E-state index < -0.39 is 5.97 Å². The van der Waals surface area contributed by atoms with Gasteiger partial charge < -0.3 is 19.4 Å². The lowest BCUT2D eigenvalue weighted by atomic mass is 10.0. The second-order valence-corrected chi connectivity index (χ2v) is 7.41. The fourth-order valence-electron chi connectivity index (χ4n) is 3.16. The summed E-state index contributed by atoms with van der Waals surface area (Å²) in [6.07, 6.45) is 3.79. The number of morpholine rings is 1. The lowest BCUT2D eigenvalue weighted by molar-refractivity contribution is -0.125. The normalized spacial score (nSPS) is 15.2. The quantitative estimate of drug-likeness (QED) is 0.737. The van der Waals surface area contributed by atoms with Crippen LogP contribution < -0.4 is 5.32 Å². The number of rotatable bonds is 7. The van der Waals surface area contributed by atoms with E-state index in [9.17, 15) is 9.59 Å². The molecule has 150 valence electrons. The summed E-state index contributed by atoms with van der Waals surface area (Å²) in [5, 5.41) is 2.86. The highest BCUT2D eigenvalue weighted by molar-refractivity contribution is 5.91. The Morgan fingerprint density at radius 2 is 1.86 bits per heavy atom. The van der Waals surface area contributed by atoms with Crippen molar-refractivity contribution in [2.75, 3.05) is 39.5 Å². The Labute approximate surface area is 165 Å². The number of benzene rings is 1. The number of carbonyl (C=O) groups excluding carboxylic acids is 2. The monoisotopic (exact) mass is 385 g/mol. The van der Waals surface area contributed by atoms with Gasteiger partial charge in [0.25, 0.3) is 5.91 Å². The Balaban J connectivity index is 1.48. The van der Waals surface area contributed by atoms with Crippen LogP contribution in [0.1, 0.15) is 24.2 Å². The molecule has 7 heteroatoms. The third kappa shape index (κ3) is 5.21. The number of hydrogen-bond acceptors (Lipinski definition) is 5. The average Bonchev–Trinajstić information content (AvgIpc) is 3.26. The molecule has 0 saturated carbocycles. The van der Waals surface area contributed by atoms with Gasteiger partial charge in [0.2, 0.25) is 0 Å². The van der Waals surface area contributed by atoms with Gasteiger partial charge in [-0.3, -0.25) is 9.69 Å². The van der Waals surface area contributed by atoms with Crippen LogP contribution in [0.15, 0.2) is 48.8 Å². The minimum atomic E-state index is -0.517. The molecule has 2 aromatic rings. The van der Waals surface area contributed by atoms with E-state index in [4.69, 9.17) is 9.47 Å². The molecule has 0 bridgehead atoms. The molecule has 1 amide bonds. The van der Waals surface area contributed by atoms with Gasteiger partial charge in [0.15, 0.2) is 6.61 Å². The van der Waals surface area contributed by atoms with Crippen molar-refractivity contribution in [1.29, 1.82) is 0 Å². The SMILES string of the molecule is CC(C)(CNC(=O)COC(=O)c1cccc(-n2cccc2)c1)N1CCOCC1. The molecule has 1 aliphatic heterocycles. The summed E-state index contributed by atoms with van der Waals surface area (Å²) < 4.78 is 12.5. The van der Waals surface area contributed by atoms with Crippen LogP contribution in [0.25, 0.3) is 5.69 Å². The number of aromatic nitrogens is 1. The lowest BCUT2D eigenvalue weighted by Gasteiger charge is -2.40. The van der Waals surface area contributed by atoms with E-state index in [2.05, 4.69) is 24.1 Å². The summed E-state index contributed by atoms with van der Waals surface area (Å²) in [6.45, 7) is 7.44. The number of amides is 1. The van der Waals surface area contributed by atoms with Crippen molar-refractivity contribution in [2.24, 2.45) is 0 Å². The topological polar surface area (TPSA) is 72.8 Å². The molecular weight excluding hydrogens is 358 g/mol. The van der Waals surface area contributed by atoms with E-state index in [1.807, 2.05) is 35.2 Å². The summed E-state index contributed by atoms with van der Waals surface area (Å²) in [4.78, 5) is 26.7. The molecule has 1 aliphatic rings. The predicted octanol–water partition coefficient (Wildman–Crippen LogP) is 1.86. The van der Waals surface area contributed by atoms with Crippen LogP contribution in [0.2, 0.25) is 0 Å². The van der Waals surface area contributed by atoms with Crippen molar-refractivity contribution >= 4 is 11.9 Å². The van der Waals surface area contributed by atoms with Gasteiger partial charge in [-0.2, -0.15) is 0 Å². The highest BCUT2D eigenvalue weighted by Gasteiger charge is 2.28. The molecular formula is C21H27N3O4. The molecule has 0 radical (unpaired) electrons. The Morgan fingerprint density at radius 1 is 1.14 bits per heavy atom. The largest absolute Gasteiger partial charge is 0.452 e. The molecule has 1 fully saturated rings. The summed E-state index contributed by atoms with van der Waals surface area (Å²) in [6, 6.07) is 10.9. The van der Waals surface area contributed by atoms with Crippen molar-refractivity contribution in [3.05, 3.63) is 54.4 Å². The van der Waals surface area contributed by atoms with Crippen LogP contribution in [-0.2, 0) is 14.3 Å². The molecule has 28 heavy (non-hydrogen) atoms. The van der Waals surface area contributed by atoms with Crippen molar-refractivity contribution < 1.29 is 19.1 Å². The maximum atomic E-state index is 12.3. The van der Waals surface area contributed by atoms with Crippen molar-refractivity contribution in [1.82, 2.24) is 14.8 Å². The van der Waals surface area contributed by atoms with E-state index in [1.165, 1.54) is 0 Å². The molecule has 1 aromatic carbocycles. The number of carbonyl (C=O) groups is 2. The minimum absolute atomic E-state index is 0.186. The number of esters is 1. The molecule has 2 heterocycles. The van der Waals surface area contributed by atoms with Crippen molar-refractivity contribution in [2.45, 2.75) is 19.4 Å². The van der Waals surface area contributed by atoms with Crippen molar-refractivity contribution in [3.8, 4) is 5.69 Å². The van der Waals surface area contributed by atoms with E-state index in [1.54, 1.807) is 18.2 Å². The standard InChI is InChI=1S/C21H27N3O4/c1-21(2,24-10-12-27-13-11-24)16-22-19(25)15-28-20(26)17-6-5-7-18(14-17)23-8-3-4-9-23/h3-9,14H,10-13,15-16H2,1-2H3,(H,22,25). The lowest BCUT2D eigenvalue weighted by Crippen LogP contribution is -2.55. The van der Waals surface area contributed by atoms with Crippen molar-refractivity contribution in [3.63, 3.8) is 0 Å². The Bertz CT molecular complexity index is 796. The Kier molecular flexibility index (Phi) is 6.49. The third-order valence-electron chi connectivity index (χ3n) is 4.90. The number of hydrogen-bond donors (Lipinski definition) is 1. The molecule has 7 nitrogen and oxygen atoms in total. The van der Waals surface area contributed by atoms with Gasteiger partial charge in [-0.15, -0.1) is 0 Å². The van der Waals surface area contributed by atoms with Crippen LogP contribution in [0.3, 0.4) is 0 Å². The molecule has 0 atom stereocenters. The van der Waals surface area contributed by atoms with Gasteiger partial charge in [0.1, 0.15) is 0 Å². The zero-order valence-electron chi connectivity index (χ0n) is 16.4. The first-order valence-corrected chi connectivity index (χ1v) is 9.46. The number of ether oxygens (including phenoxy) is 2. The van der Waals surface area contributed by atoms with Crippen LogP contribution >= 0.6 is 0 Å². The zero-order valence-corrected chi connectivity index (χ0v) is 16.4. The van der Waals surface area contributed by atoms with Gasteiger partial charge in [-0.25, -0.2) is 4.79 Å².